The van der Waals surface area contributed by atoms with E-state index in [1.807, 2.05) is 12.1 Å². The average molecular weight is 240 g/mol. The molecule has 92 valence electrons. The quantitative estimate of drug-likeness (QED) is 0.894. The minimum atomic E-state index is 0.360. The van der Waals surface area contributed by atoms with E-state index in [0.717, 1.165) is 18.5 Å². The van der Waals surface area contributed by atoms with Crippen molar-refractivity contribution >= 4 is 5.69 Å². The lowest BCUT2D eigenvalue weighted by Crippen LogP contribution is -2.08. The van der Waals surface area contributed by atoms with Gasteiger partial charge in [0, 0.05) is 6.20 Å². The molecule has 18 heavy (non-hydrogen) atoms. The summed E-state index contributed by atoms with van der Waals surface area (Å²) in [5.41, 5.74) is 3.79. The van der Waals surface area contributed by atoms with E-state index >= 15 is 0 Å². The first kappa shape index (κ1) is 11.1. The van der Waals surface area contributed by atoms with Crippen LogP contribution in [-0.2, 0) is 6.42 Å². The fourth-order valence-corrected chi connectivity index (χ4v) is 2.56. The van der Waals surface area contributed by atoms with Gasteiger partial charge in [-0.2, -0.15) is 0 Å². The molecule has 1 aromatic heterocycles. The van der Waals surface area contributed by atoms with Crippen LogP contribution in [0.3, 0.4) is 0 Å². The second-order valence-electron chi connectivity index (χ2n) is 4.49. The van der Waals surface area contributed by atoms with Crippen molar-refractivity contribution in [2.75, 3.05) is 12.4 Å². The largest absolute Gasteiger partial charge is 0.480 e. The van der Waals surface area contributed by atoms with Crippen molar-refractivity contribution in [3.8, 4) is 5.88 Å². The standard InChI is InChI=1S/C15H16N2O/c1-18-15-14(7-4-10-16-15)17-13-9-8-11-5-2-3-6-12(11)13/h2-7,10,13,17H,8-9H2,1H3. The SMILES string of the molecule is COc1ncccc1NC1CCc2ccccc21. The molecule has 0 bridgehead atoms. The van der Waals surface area contributed by atoms with Crippen molar-refractivity contribution in [3.05, 3.63) is 53.7 Å². The Morgan fingerprint density at radius 1 is 1.22 bits per heavy atom. The normalized spacial score (nSPS) is 17.3. The molecule has 0 spiro atoms. The molecule has 1 aliphatic rings. The van der Waals surface area contributed by atoms with Crippen LogP contribution in [0.15, 0.2) is 42.6 Å². The van der Waals surface area contributed by atoms with E-state index in [4.69, 9.17) is 4.74 Å². The molecule has 0 amide bonds. The number of benzene rings is 1. The van der Waals surface area contributed by atoms with Gasteiger partial charge in [0.15, 0.2) is 0 Å². The number of hydrogen-bond donors (Lipinski definition) is 1. The number of fused-ring (bicyclic) bond motifs is 1. The number of nitrogens with zero attached hydrogens (tertiary/aromatic N) is 1. The van der Waals surface area contributed by atoms with Crippen LogP contribution in [0.25, 0.3) is 0 Å². The van der Waals surface area contributed by atoms with Crippen molar-refractivity contribution < 1.29 is 4.74 Å². The van der Waals surface area contributed by atoms with Crippen LogP contribution in [0, 0.1) is 0 Å². The van der Waals surface area contributed by atoms with Gasteiger partial charge in [-0.15, -0.1) is 0 Å². The van der Waals surface area contributed by atoms with Gasteiger partial charge in [-0.05, 0) is 36.1 Å². The van der Waals surface area contributed by atoms with Crippen LogP contribution in [0.5, 0.6) is 5.88 Å². The molecular weight excluding hydrogens is 224 g/mol. The highest BCUT2D eigenvalue weighted by molar-refractivity contribution is 5.54. The van der Waals surface area contributed by atoms with Gasteiger partial charge in [-0.25, -0.2) is 4.98 Å². The van der Waals surface area contributed by atoms with Crippen molar-refractivity contribution in [2.24, 2.45) is 0 Å². The topological polar surface area (TPSA) is 34.1 Å². The Bertz CT molecular complexity index is 554. The van der Waals surface area contributed by atoms with Gasteiger partial charge in [-0.3, -0.25) is 0 Å². The Hall–Kier alpha value is -2.03. The molecule has 0 aliphatic heterocycles. The lowest BCUT2D eigenvalue weighted by molar-refractivity contribution is 0.399. The third kappa shape index (κ3) is 1.92. The minimum Gasteiger partial charge on any atom is -0.480 e. The van der Waals surface area contributed by atoms with E-state index < -0.39 is 0 Å². The Labute approximate surface area is 107 Å². The monoisotopic (exact) mass is 240 g/mol. The third-order valence-electron chi connectivity index (χ3n) is 3.43. The Morgan fingerprint density at radius 2 is 2.11 bits per heavy atom. The molecule has 1 N–H and O–H groups in total. The molecule has 1 aromatic carbocycles. The number of ether oxygens (including phenoxy) is 1. The summed E-state index contributed by atoms with van der Waals surface area (Å²) in [5, 5.41) is 3.53. The van der Waals surface area contributed by atoms with Gasteiger partial charge in [0.25, 0.3) is 0 Å². The predicted octanol–water partition coefficient (Wildman–Crippen LogP) is 3.19. The van der Waals surface area contributed by atoms with Crippen molar-refractivity contribution in [3.63, 3.8) is 0 Å². The first-order valence-corrected chi connectivity index (χ1v) is 6.22. The first-order chi connectivity index (χ1) is 8.88. The van der Waals surface area contributed by atoms with E-state index in [-0.39, 0.29) is 0 Å². The molecular formula is C15H16N2O. The second-order valence-corrected chi connectivity index (χ2v) is 4.49. The predicted molar refractivity (Wildman–Crippen MR) is 71.9 cm³/mol. The minimum absolute atomic E-state index is 0.360. The molecule has 0 saturated carbocycles. The lowest BCUT2D eigenvalue weighted by atomic mass is 10.1. The van der Waals surface area contributed by atoms with Gasteiger partial charge >= 0.3 is 0 Å². The molecule has 0 saturated heterocycles. The zero-order valence-corrected chi connectivity index (χ0v) is 10.4. The maximum Gasteiger partial charge on any atom is 0.237 e. The Balaban J connectivity index is 1.86. The molecule has 3 rings (SSSR count). The van der Waals surface area contributed by atoms with Crippen LogP contribution in [0.1, 0.15) is 23.6 Å². The summed E-state index contributed by atoms with van der Waals surface area (Å²) in [7, 11) is 1.65. The van der Waals surface area contributed by atoms with Gasteiger partial charge in [0.1, 0.15) is 0 Å². The molecule has 1 unspecified atom stereocenters. The smallest absolute Gasteiger partial charge is 0.237 e. The molecule has 1 aliphatic carbocycles. The maximum atomic E-state index is 5.27. The Morgan fingerprint density at radius 3 is 3.00 bits per heavy atom. The fraction of sp³-hybridized carbons (Fsp3) is 0.267. The van der Waals surface area contributed by atoms with Crippen molar-refractivity contribution in [1.82, 2.24) is 4.98 Å². The number of hydrogen-bond acceptors (Lipinski definition) is 3. The second kappa shape index (κ2) is 4.69. The highest BCUT2D eigenvalue weighted by atomic mass is 16.5. The number of rotatable bonds is 3. The van der Waals surface area contributed by atoms with Crippen LogP contribution in [-0.4, -0.2) is 12.1 Å². The molecule has 1 atom stereocenters. The summed E-state index contributed by atoms with van der Waals surface area (Å²) in [4.78, 5) is 4.21. The zero-order valence-electron chi connectivity index (χ0n) is 10.4. The van der Waals surface area contributed by atoms with Gasteiger partial charge < -0.3 is 10.1 Å². The van der Waals surface area contributed by atoms with Crippen LogP contribution >= 0.6 is 0 Å². The summed E-state index contributed by atoms with van der Waals surface area (Å²) in [6.07, 6.45) is 4.00. The van der Waals surface area contributed by atoms with Crippen LogP contribution < -0.4 is 10.1 Å². The van der Waals surface area contributed by atoms with Gasteiger partial charge in [0.05, 0.1) is 18.8 Å². The third-order valence-corrected chi connectivity index (χ3v) is 3.43. The molecule has 2 aromatic rings. The highest BCUT2D eigenvalue weighted by Gasteiger charge is 2.22. The molecule has 1 heterocycles. The van der Waals surface area contributed by atoms with E-state index in [9.17, 15) is 0 Å². The number of aryl methyl sites for hydroxylation is 1. The molecule has 0 fully saturated rings. The number of pyridine rings is 1. The number of nitrogens with one attached hydrogen (secondary N) is 1. The van der Waals surface area contributed by atoms with Crippen LogP contribution in [0.2, 0.25) is 0 Å². The van der Waals surface area contributed by atoms with Crippen molar-refractivity contribution in [1.29, 1.82) is 0 Å². The fourth-order valence-electron chi connectivity index (χ4n) is 2.56. The van der Waals surface area contributed by atoms with E-state index in [0.29, 0.717) is 11.9 Å². The van der Waals surface area contributed by atoms with E-state index in [2.05, 4.69) is 34.6 Å². The summed E-state index contributed by atoms with van der Waals surface area (Å²) < 4.78 is 5.27. The summed E-state index contributed by atoms with van der Waals surface area (Å²) in [6, 6.07) is 12.9. The number of methoxy groups -OCH3 is 1. The highest BCUT2D eigenvalue weighted by Crippen LogP contribution is 2.35. The summed E-state index contributed by atoms with van der Waals surface area (Å²) in [6.45, 7) is 0. The lowest BCUT2D eigenvalue weighted by Gasteiger charge is -2.16. The molecule has 3 nitrogen and oxygen atoms in total. The molecule has 3 heteroatoms. The molecule has 0 radical (unpaired) electrons. The van der Waals surface area contributed by atoms with Gasteiger partial charge in [0.2, 0.25) is 5.88 Å². The Kier molecular flexibility index (Phi) is 2.89. The van der Waals surface area contributed by atoms with E-state index in [1.165, 1.54) is 11.1 Å². The van der Waals surface area contributed by atoms with Crippen LogP contribution in [0.4, 0.5) is 5.69 Å². The first-order valence-electron chi connectivity index (χ1n) is 6.22. The summed E-state index contributed by atoms with van der Waals surface area (Å²) in [5.74, 6) is 0.655. The number of aromatic nitrogens is 1. The maximum absolute atomic E-state index is 5.27. The average Bonchev–Trinajstić information content (AvgIpc) is 2.83. The number of anilines is 1. The van der Waals surface area contributed by atoms with Crippen molar-refractivity contribution in [2.45, 2.75) is 18.9 Å². The zero-order chi connectivity index (χ0) is 12.4. The van der Waals surface area contributed by atoms with E-state index in [1.54, 1.807) is 13.3 Å². The summed E-state index contributed by atoms with van der Waals surface area (Å²) >= 11 is 0. The van der Waals surface area contributed by atoms with Gasteiger partial charge in [-0.1, -0.05) is 24.3 Å².